The van der Waals surface area contributed by atoms with Crippen LogP contribution in [0.15, 0.2) is 0 Å². The number of nitrogens with one attached hydrogen (secondary N) is 1. The molecule has 1 aliphatic rings. The van der Waals surface area contributed by atoms with Gasteiger partial charge >= 0.3 is 0 Å². The van der Waals surface area contributed by atoms with Crippen molar-refractivity contribution in [3.63, 3.8) is 0 Å². The molecule has 1 rings (SSSR count). The quantitative estimate of drug-likeness (QED) is 0.752. The topological polar surface area (TPSA) is 52.7 Å². The van der Waals surface area contributed by atoms with Gasteiger partial charge in [0.25, 0.3) is 10.2 Å². The van der Waals surface area contributed by atoms with Crippen molar-refractivity contribution in [2.45, 2.75) is 19.8 Å². The molecule has 1 fully saturated rings. The smallest absolute Gasteiger partial charge is 0.281 e. The Labute approximate surface area is 99.0 Å². The summed E-state index contributed by atoms with van der Waals surface area (Å²) in [5.74, 6) is 0.619. The summed E-state index contributed by atoms with van der Waals surface area (Å²) >= 11 is 0. The lowest BCUT2D eigenvalue weighted by molar-refractivity contribution is 0.258. The zero-order valence-corrected chi connectivity index (χ0v) is 11.3. The van der Waals surface area contributed by atoms with Crippen LogP contribution in [-0.2, 0) is 10.2 Å². The summed E-state index contributed by atoms with van der Waals surface area (Å²) in [6, 6.07) is 0. The van der Waals surface area contributed by atoms with Gasteiger partial charge in [-0.25, -0.2) is 0 Å². The molecule has 0 unspecified atom stereocenters. The minimum atomic E-state index is -3.20. The van der Waals surface area contributed by atoms with Gasteiger partial charge in [0.15, 0.2) is 0 Å². The molecule has 6 heteroatoms. The molecule has 0 aromatic carbocycles. The van der Waals surface area contributed by atoms with Gasteiger partial charge in [0.1, 0.15) is 0 Å². The first-order chi connectivity index (χ1) is 7.48. The molecule has 5 nitrogen and oxygen atoms in total. The average molecular weight is 249 g/mol. The molecule has 1 heterocycles. The van der Waals surface area contributed by atoms with E-state index in [1.165, 1.54) is 4.31 Å². The number of hydrogen-bond donors (Lipinski definition) is 1. The van der Waals surface area contributed by atoms with E-state index in [4.69, 9.17) is 0 Å². The third kappa shape index (κ3) is 3.41. The lowest BCUT2D eigenvalue weighted by atomic mass is 9.98. The fraction of sp³-hybridized carbons (Fsp3) is 1.00. The predicted octanol–water partition coefficient (Wildman–Crippen LogP) is 0.114. The van der Waals surface area contributed by atoms with Crippen molar-refractivity contribution in [3.8, 4) is 0 Å². The zero-order chi connectivity index (χ0) is 12.2. The van der Waals surface area contributed by atoms with Gasteiger partial charge in [-0.2, -0.15) is 17.0 Å². The number of hydrogen-bond acceptors (Lipinski definition) is 3. The lowest BCUT2D eigenvalue weighted by Gasteiger charge is -2.32. The van der Waals surface area contributed by atoms with Gasteiger partial charge in [-0.1, -0.05) is 6.92 Å². The van der Waals surface area contributed by atoms with Crippen molar-refractivity contribution in [2.75, 3.05) is 40.3 Å². The van der Waals surface area contributed by atoms with E-state index in [0.29, 0.717) is 19.0 Å². The fourth-order valence-corrected chi connectivity index (χ4v) is 3.06. The first kappa shape index (κ1) is 13.9. The average Bonchev–Trinajstić information content (AvgIpc) is 2.26. The van der Waals surface area contributed by atoms with E-state index < -0.39 is 10.2 Å². The third-order valence-electron chi connectivity index (χ3n) is 3.04. The predicted molar refractivity (Wildman–Crippen MR) is 65.4 cm³/mol. The summed E-state index contributed by atoms with van der Waals surface area (Å²) < 4.78 is 26.6. The second-order valence-electron chi connectivity index (χ2n) is 4.44. The van der Waals surface area contributed by atoms with Crippen LogP contribution in [0.3, 0.4) is 0 Å². The summed E-state index contributed by atoms with van der Waals surface area (Å²) in [5, 5.41) is 3.32. The van der Waals surface area contributed by atoms with Crippen LogP contribution in [-0.4, -0.2) is 57.3 Å². The van der Waals surface area contributed by atoms with E-state index in [2.05, 4.69) is 12.2 Å². The molecule has 0 radical (unpaired) electrons. The summed E-state index contributed by atoms with van der Waals surface area (Å²) in [7, 11) is -0.0308. The van der Waals surface area contributed by atoms with Crippen LogP contribution in [0.1, 0.15) is 19.8 Å². The van der Waals surface area contributed by atoms with Gasteiger partial charge in [-0.15, -0.1) is 0 Å². The van der Waals surface area contributed by atoms with E-state index in [1.54, 1.807) is 18.4 Å². The van der Waals surface area contributed by atoms with E-state index >= 15 is 0 Å². The molecule has 16 heavy (non-hydrogen) atoms. The molecule has 0 spiro atoms. The highest BCUT2D eigenvalue weighted by Crippen LogP contribution is 2.19. The molecule has 0 amide bonds. The molecule has 1 N–H and O–H groups in total. The summed E-state index contributed by atoms with van der Waals surface area (Å²) in [6.45, 7) is 5.38. The van der Waals surface area contributed by atoms with Crippen molar-refractivity contribution in [1.82, 2.24) is 13.9 Å². The fourth-order valence-electron chi connectivity index (χ4n) is 1.92. The largest absolute Gasteiger partial charge is 0.317 e. The van der Waals surface area contributed by atoms with E-state index in [-0.39, 0.29) is 0 Å². The third-order valence-corrected chi connectivity index (χ3v) is 4.98. The molecule has 0 aromatic rings. The zero-order valence-electron chi connectivity index (χ0n) is 10.4. The Morgan fingerprint density at radius 1 is 1.31 bits per heavy atom. The Hall–Kier alpha value is -0.170. The van der Waals surface area contributed by atoms with Crippen molar-refractivity contribution >= 4 is 10.2 Å². The van der Waals surface area contributed by atoms with Crippen molar-refractivity contribution in [3.05, 3.63) is 0 Å². The first-order valence-corrected chi connectivity index (χ1v) is 7.26. The van der Waals surface area contributed by atoms with Gasteiger partial charge in [-0.05, 0) is 31.8 Å². The summed E-state index contributed by atoms with van der Waals surface area (Å²) in [5.41, 5.74) is 0. The van der Waals surface area contributed by atoms with Crippen LogP contribution < -0.4 is 5.32 Å². The molecule has 1 aliphatic heterocycles. The maximum absolute atomic E-state index is 11.8. The van der Waals surface area contributed by atoms with Gasteiger partial charge in [0, 0.05) is 27.2 Å². The second kappa shape index (κ2) is 5.95. The number of rotatable bonds is 5. The van der Waals surface area contributed by atoms with E-state index in [1.807, 2.05) is 0 Å². The Balaban J connectivity index is 2.43. The monoisotopic (exact) mass is 249 g/mol. The second-order valence-corrected chi connectivity index (χ2v) is 6.58. The highest BCUT2D eigenvalue weighted by Gasteiger charge is 2.28. The van der Waals surface area contributed by atoms with Gasteiger partial charge < -0.3 is 5.32 Å². The molecule has 0 aromatic heterocycles. The Kier molecular flexibility index (Phi) is 5.17. The van der Waals surface area contributed by atoms with E-state index in [0.717, 1.165) is 25.9 Å². The normalized spacial score (nSPS) is 20.5. The van der Waals surface area contributed by atoms with Gasteiger partial charge in [-0.3, -0.25) is 0 Å². The molecule has 96 valence electrons. The molecular weight excluding hydrogens is 226 g/mol. The Morgan fingerprint density at radius 3 is 2.31 bits per heavy atom. The van der Waals surface area contributed by atoms with Crippen LogP contribution >= 0.6 is 0 Å². The van der Waals surface area contributed by atoms with Crippen molar-refractivity contribution in [1.29, 1.82) is 0 Å². The summed E-state index contributed by atoms with van der Waals surface area (Å²) in [4.78, 5) is 0. The number of nitrogens with zero attached hydrogens (tertiary/aromatic N) is 2. The maximum atomic E-state index is 11.8. The molecule has 0 atom stereocenters. The van der Waals surface area contributed by atoms with Crippen LogP contribution in [0.4, 0.5) is 0 Å². The van der Waals surface area contributed by atoms with Gasteiger partial charge in [0.2, 0.25) is 0 Å². The highest BCUT2D eigenvalue weighted by atomic mass is 32.2. The van der Waals surface area contributed by atoms with Crippen LogP contribution in [0.25, 0.3) is 0 Å². The van der Waals surface area contributed by atoms with Crippen LogP contribution in [0.2, 0.25) is 0 Å². The minimum Gasteiger partial charge on any atom is -0.317 e. The molecule has 0 saturated carbocycles. The van der Waals surface area contributed by atoms with Gasteiger partial charge in [0.05, 0.1) is 0 Å². The molecule has 0 aliphatic carbocycles. The van der Waals surface area contributed by atoms with Crippen LogP contribution in [0.5, 0.6) is 0 Å². The molecule has 1 saturated heterocycles. The van der Waals surface area contributed by atoms with E-state index in [9.17, 15) is 8.42 Å². The molecular formula is C10H23N3O2S. The van der Waals surface area contributed by atoms with Crippen molar-refractivity contribution < 1.29 is 8.42 Å². The number of piperidine rings is 1. The maximum Gasteiger partial charge on any atom is 0.281 e. The molecule has 0 bridgehead atoms. The Bertz CT molecular complexity index is 295. The summed E-state index contributed by atoms with van der Waals surface area (Å²) in [6.07, 6.45) is 1.92. The minimum absolute atomic E-state index is 0.619. The van der Waals surface area contributed by atoms with Crippen molar-refractivity contribution in [2.24, 2.45) is 5.92 Å². The SMILES string of the molecule is CCNCC1CCN(S(=O)(=O)N(C)C)CC1. The highest BCUT2D eigenvalue weighted by molar-refractivity contribution is 7.86. The standard InChI is InChI=1S/C10H23N3O2S/c1-4-11-9-10-5-7-13(8-6-10)16(14,15)12(2)3/h10-11H,4-9H2,1-3H3. The van der Waals surface area contributed by atoms with Crippen LogP contribution in [0, 0.1) is 5.92 Å². The first-order valence-electron chi connectivity index (χ1n) is 5.86. The lowest BCUT2D eigenvalue weighted by Crippen LogP contribution is -2.45. The Morgan fingerprint density at radius 2 is 1.88 bits per heavy atom.